The third-order valence-electron chi connectivity index (χ3n) is 5.40. The predicted octanol–water partition coefficient (Wildman–Crippen LogP) is 4.14. The molecule has 0 spiro atoms. The number of nitrogens with one attached hydrogen (secondary N) is 1. The van der Waals surface area contributed by atoms with Crippen LogP contribution in [0, 0.1) is 0 Å². The van der Waals surface area contributed by atoms with Crippen LogP contribution < -0.4 is 27.0 Å². The summed E-state index contributed by atoms with van der Waals surface area (Å²) >= 11 is 0. The first-order valence-corrected chi connectivity index (χ1v) is 13.1. The summed E-state index contributed by atoms with van der Waals surface area (Å²) in [5, 5.41) is 4.65. The summed E-state index contributed by atoms with van der Waals surface area (Å²) < 4.78 is 14.1. The van der Waals surface area contributed by atoms with Gasteiger partial charge in [-0.15, -0.1) is 0 Å². The molecule has 0 aliphatic carbocycles. The SMILES string of the molecule is CCC(=O)NCc1ccccc1.NC(=O)c1ccccc1P(=O)(c1ccccc1)c1ccccc1. The van der Waals surface area contributed by atoms with Gasteiger partial charge in [0, 0.05) is 28.9 Å². The fraction of sp³-hybridized carbons (Fsp3) is 0.103. The molecule has 0 bridgehead atoms. The number of amides is 2. The third-order valence-corrected chi connectivity index (χ3v) is 8.52. The maximum absolute atomic E-state index is 14.1. The van der Waals surface area contributed by atoms with E-state index in [9.17, 15) is 14.2 Å². The predicted molar refractivity (Wildman–Crippen MR) is 143 cm³/mol. The number of carbonyl (C=O) groups is 2. The second-order valence-corrected chi connectivity index (χ2v) is 10.5. The first-order valence-electron chi connectivity index (χ1n) is 11.4. The van der Waals surface area contributed by atoms with Crippen molar-refractivity contribution in [3.8, 4) is 0 Å². The molecule has 0 unspecified atom stereocenters. The molecular weight excluding hydrogens is 455 g/mol. The number of hydrogen-bond donors (Lipinski definition) is 2. The number of nitrogens with two attached hydrogens (primary N) is 1. The summed E-state index contributed by atoms with van der Waals surface area (Å²) in [5.41, 5.74) is 6.94. The van der Waals surface area contributed by atoms with Crippen LogP contribution in [-0.2, 0) is 15.9 Å². The average Bonchev–Trinajstić information content (AvgIpc) is 2.93. The fourth-order valence-corrected chi connectivity index (χ4v) is 6.44. The zero-order valence-electron chi connectivity index (χ0n) is 19.6. The summed E-state index contributed by atoms with van der Waals surface area (Å²) in [5.74, 6) is -0.480. The van der Waals surface area contributed by atoms with Gasteiger partial charge in [-0.3, -0.25) is 9.59 Å². The van der Waals surface area contributed by atoms with E-state index >= 15 is 0 Å². The summed E-state index contributed by atoms with van der Waals surface area (Å²) in [6.07, 6.45) is 0.548. The molecule has 35 heavy (non-hydrogen) atoms. The van der Waals surface area contributed by atoms with Crippen molar-refractivity contribution in [3.63, 3.8) is 0 Å². The third kappa shape index (κ3) is 6.56. The molecule has 0 heterocycles. The zero-order valence-corrected chi connectivity index (χ0v) is 20.5. The van der Waals surface area contributed by atoms with Crippen LogP contribution in [0.25, 0.3) is 0 Å². The summed E-state index contributed by atoms with van der Waals surface area (Å²) in [7, 11) is -3.17. The minimum Gasteiger partial charge on any atom is -0.366 e. The molecule has 3 N–H and O–H groups in total. The zero-order chi connectivity index (χ0) is 25.1. The van der Waals surface area contributed by atoms with Gasteiger partial charge in [0.25, 0.3) is 0 Å². The molecule has 4 rings (SSSR count). The fourth-order valence-electron chi connectivity index (χ4n) is 3.58. The molecule has 0 aromatic heterocycles. The van der Waals surface area contributed by atoms with Gasteiger partial charge < -0.3 is 15.6 Å². The van der Waals surface area contributed by atoms with Gasteiger partial charge in [0.15, 0.2) is 7.14 Å². The average molecular weight is 485 g/mol. The molecule has 0 saturated heterocycles. The van der Waals surface area contributed by atoms with E-state index in [0.29, 0.717) is 34.4 Å². The Bertz CT molecular complexity index is 1250. The minimum atomic E-state index is -3.17. The van der Waals surface area contributed by atoms with E-state index in [-0.39, 0.29) is 5.91 Å². The molecule has 0 radical (unpaired) electrons. The lowest BCUT2D eigenvalue weighted by Crippen LogP contribution is -2.30. The monoisotopic (exact) mass is 484 g/mol. The van der Waals surface area contributed by atoms with Crippen LogP contribution in [0.4, 0.5) is 0 Å². The lowest BCUT2D eigenvalue weighted by atomic mass is 10.2. The molecule has 5 nitrogen and oxygen atoms in total. The van der Waals surface area contributed by atoms with Crippen molar-refractivity contribution in [2.24, 2.45) is 5.73 Å². The summed E-state index contributed by atoms with van der Waals surface area (Å²) in [6.45, 7) is 2.48. The van der Waals surface area contributed by atoms with Crippen LogP contribution in [-0.4, -0.2) is 11.8 Å². The van der Waals surface area contributed by atoms with Crippen LogP contribution in [0.3, 0.4) is 0 Å². The van der Waals surface area contributed by atoms with Crippen LogP contribution >= 0.6 is 7.14 Å². The second kappa shape index (κ2) is 12.5. The first-order chi connectivity index (χ1) is 17.0. The Balaban J connectivity index is 0.000000241. The topological polar surface area (TPSA) is 89.3 Å². The van der Waals surface area contributed by atoms with Crippen molar-refractivity contribution in [1.29, 1.82) is 0 Å². The minimum absolute atomic E-state index is 0.0962. The van der Waals surface area contributed by atoms with E-state index in [0.717, 1.165) is 5.56 Å². The highest BCUT2D eigenvalue weighted by atomic mass is 31.2. The highest BCUT2D eigenvalue weighted by molar-refractivity contribution is 7.85. The van der Waals surface area contributed by atoms with Gasteiger partial charge in [0.1, 0.15) is 0 Å². The van der Waals surface area contributed by atoms with E-state index in [1.54, 1.807) is 24.3 Å². The van der Waals surface area contributed by atoms with Gasteiger partial charge in [-0.1, -0.05) is 116 Å². The Hall–Kier alpha value is -3.95. The van der Waals surface area contributed by atoms with Gasteiger partial charge in [0.05, 0.1) is 5.56 Å². The van der Waals surface area contributed by atoms with E-state index < -0.39 is 13.0 Å². The number of primary amides is 1. The van der Waals surface area contributed by atoms with Crippen molar-refractivity contribution >= 4 is 34.9 Å². The lowest BCUT2D eigenvalue weighted by molar-refractivity contribution is -0.120. The lowest BCUT2D eigenvalue weighted by Gasteiger charge is -2.21. The number of carbonyl (C=O) groups excluding carboxylic acids is 2. The van der Waals surface area contributed by atoms with Crippen LogP contribution in [0.15, 0.2) is 115 Å². The first kappa shape index (κ1) is 25.7. The smallest absolute Gasteiger partial charge is 0.249 e. The van der Waals surface area contributed by atoms with Gasteiger partial charge >= 0.3 is 0 Å². The molecule has 0 fully saturated rings. The molecule has 4 aromatic rings. The summed E-state index contributed by atoms with van der Waals surface area (Å²) in [4.78, 5) is 22.7. The highest BCUT2D eigenvalue weighted by Gasteiger charge is 2.32. The molecule has 0 aliphatic rings. The van der Waals surface area contributed by atoms with Gasteiger partial charge in [0.2, 0.25) is 11.8 Å². The second-order valence-electron chi connectivity index (χ2n) is 7.78. The van der Waals surface area contributed by atoms with Crippen LogP contribution in [0.5, 0.6) is 0 Å². The number of rotatable bonds is 7. The molecule has 4 aromatic carbocycles. The van der Waals surface area contributed by atoms with Crippen LogP contribution in [0.1, 0.15) is 29.3 Å². The molecule has 0 saturated carbocycles. The molecule has 0 aliphatic heterocycles. The number of hydrogen-bond acceptors (Lipinski definition) is 3. The largest absolute Gasteiger partial charge is 0.366 e. The Morgan fingerprint density at radius 2 is 1.17 bits per heavy atom. The van der Waals surface area contributed by atoms with E-state index in [2.05, 4.69) is 5.32 Å². The molecule has 2 amide bonds. The van der Waals surface area contributed by atoms with Crippen LogP contribution in [0.2, 0.25) is 0 Å². The molecule has 178 valence electrons. The Kier molecular flexibility index (Phi) is 9.16. The van der Waals surface area contributed by atoms with Crippen molar-refractivity contribution < 1.29 is 14.2 Å². The van der Waals surface area contributed by atoms with Crippen molar-refractivity contribution in [2.45, 2.75) is 19.9 Å². The normalized spacial score (nSPS) is 10.5. The van der Waals surface area contributed by atoms with Gasteiger partial charge in [-0.05, 0) is 11.6 Å². The van der Waals surface area contributed by atoms with Crippen molar-refractivity contribution in [2.75, 3.05) is 0 Å². The van der Waals surface area contributed by atoms with Gasteiger partial charge in [-0.25, -0.2) is 0 Å². The standard InChI is InChI=1S/C19H16NO2P.C10H13NO/c20-19(21)17-13-7-8-14-18(17)23(22,15-9-3-1-4-10-15)16-11-5-2-6-12-16;1-2-10(12)11-8-9-6-4-3-5-7-9/h1-14H,(H2,20,21);3-7H,2,8H2,1H3,(H,11,12). The highest BCUT2D eigenvalue weighted by Crippen LogP contribution is 2.43. The van der Waals surface area contributed by atoms with Crippen molar-refractivity contribution in [1.82, 2.24) is 5.32 Å². The molecular formula is C29H29N2O3P. The quantitative estimate of drug-likeness (QED) is 0.387. The van der Waals surface area contributed by atoms with E-state index in [4.69, 9.17) is 5.73 Å². The maximum atomic E-state index is 14.1. The molecule has 0 atom stereocenters. The maximum Gasteiger partial charge on any atom is 0.249 e. The Morgan fingerprint density at radius 3 is 1.66 bits per heavy atom. The van der Waals surface area contributed by atoms with E-state index in [1.807, 2.05) is 97.9 Å². The summed E-state index contributed by atoms with van der Waals surface area (Å²) in [6, 6.07) is 35.2. The number of benzene rings is 4. The Morgan fingerprint density at radius 1 is 0.714 bits per heavy atom. The van der Waals surface area contributed by atoms with Crippen molar-refractivity contribution in [3.05, 3.63) is 126 Å². The van der Waals surface area contributed by atoms with Gasteiger partial charge in [-0.2, -0.15) is 0 Å². The van der Waals surface area contributed by atoms with E-state index in [1.165, 1.54) is 0 Å². The Labute approximate surface area is 206 Å². The molecule has 6 heteroatoms.